The average Bonchev–Trinajstić information content (AvgIpc) is 2.83. The highest BCUT2D eigenvalue weighted by atomic mass is 35.5. The molecule has 0 fully saturated rings. The van der Waals surface area contributed by atoms with Gasteiger partial charge in [0.05, 0.1) is 6.42 Å². The van der Waals surface area contributed by atoms with Crippen molar-refractivity contribution in [2.24, 2.45) is 0 Å². The normalized spacial score (nSPS) is 10.9. The van der Waals surface area contributed by atoms with Gasteiger partial charge in [0.2, 0.25) is 5.91 Å². The van der Waals surface area contributed by atoms with Crippen LogP contribution in [0.1, 0.15) is 31.2 Å². The summed E-state index contributed by atoms with van der Waals surface area (Å²) >= 11 is 11.3. The number of hydrogen-bond acceptors (Lipinski definition) is 3. The zero-order chi connectivity index (χ0) is 16.1. The standard InChI is InChI=1S/C15H19ClN4OS/c1-10(2)14-18-19-15(22)20(14)8-7-17-13(21)9-11-5-3-4-6-12(11)16/h3-6,10H,7-9H2,1-2H3,(H,17,21)(H,19,22). The van der Waals surface area contributed by atoms with Crippen LogP contribution in [0.4, 0.5) is 0 Å². The molecule has 2 rings (SSSR count). The molecule has 7 heteroatoms. The van der Waals surface area contributed by atoms with Crippen LogP contribution in [0.25, 0.3) is 0 Å². The van der Waals surface area contributed by atoms with Crippen LogP contribution in [0, 0.1) is 4.77 Å². The lowest BCUT2D eigenvalue weighted by Crippen LogP contribution is -2.29. The Bertz CT molecular complexity index is 708. The molecule has 0 saturated carbocycles. The number of carbonyl (C=O) groups excluding carboxylic acids is 1. The van der Waals surface area contributed by atoms with Crippen molar-refractivity contribution in [3.63, 3.8) is 0 Å². The maximum Gasteiger partial charge on any atom is 0.224 e. The van der Waals surface area contributed by atoms with E-state index in [0.29, 0.717) is 22.9 Å². The number of rotatable bonds is 6. The molecule has 5 nitrogen and oxygen atoms in total. The van der Waals surface area contributed by atoms with Gasteiger partial charge in [0.1, 0.15) is 5.82 Å². The molecule has 22 heavy (non-hydrogen) atoms. The van der Waals surface area contributed by atoms with Crippen molar-refractivity contribution in [1.29, 1.82) is 0 Å². The van der Waals surface area contributed by atoms with Gasteiger partial charge >= 0.3 is 0 Å². The number of H-pyrrole nitrogens is 1. The summed E-state index contributed by atoms with van der Waals surface area (Å²) in [5.74, 6) is 1.10. The number of benzene rings is 1. The summed E-state index contributed by atoms with van der Waals surface area (Å²) in [6, 6.07) is 7.35. The fourth-order valence-corrected chi connectivity index (χ4v) is 2.60. The van der Waals surface area contributed by atoms with Crippen molar-refractivity contribution >= 4 is 29.7 Å². The van der Waals surface area contributed by atoms with Gasteiger partial charge in [-0.15, -0.1) is 0 Å². The molecule has 0 radical (unpaired) electrons. The van der Waals surface area contributed by atoms with E-state index in [0.717, 1.165) is 11.4 Å². The van der Waals surface area contributed by atoms with Gasteiger partial charge in [0.15, 0.2) is 4.77 Å². The maximum absolute atomic E-state index is 12.0. The molecular formula is C15H19ClN4OS. The van der Waals surface area contributed by atoms with Crippen LogP contribution in [0.15, 0.2) is 24.3 Å². The minimum Gasteiger partial charge on any atom is -0.354 e. The van der Waals surface area contributed by atoms with Crippen molar-refractivity contribution in [3.05, 3.63) is 45.4 Å². The van der Waals surface area contributed by atoms with Crippen LogP contribution in [0.3, 0.4) is 0 Å². The van der Waals surface area contributed by atoms with E-state index in [2.05, 4.69) is 29.4 Å². The third-order valence-corrected chi connectivity index (χ3v) is 3.95. The Labute approximate surface area is 139 Å². The average molecular weight is 339 g/mol. The first-order chi connectivity index (χ1) is 10.5. The zero-order valence-corrected chi connectivity index (χ0v) is 14.2. The van der Waals surface area contributed by atoms with Crippen molar-refractivity contribution in [3.8, 4) is 0 Å². The number of aromatic amines is 1. The Balaban J connectivity index is 1.89. The summed E-state index contributed by atoms with van der Waals surface area (Å²) in [5.41, 5.74) is 0.824. The minimum atomic E-state index is -0.0609. The van der Waals surface area contributed by atoms with Crippen molar-refractivity contribution < 1.29 is 4.79 Å². The minimum absolute atomic E-state index is 0.0609. The molecule has 0 atom stereocenters. The van der Waals surface area contributed by atoms with Gasteiger partial charge in [-0.3, -0.25) is 9.89 Å². The number of aromatic nitrogens is 3. The molecule has 118 valence electrons. The highest BCUT2D eigenvalue weighted by molar-refractivity contribution is 7.71. The summed E-state index contributed by atoms with van der Waals surface area (Å²) in [6.07, 6.45) is 0.271. The van der Waals surface area contributed by atoms with Crippen molar-refractivity contribution in [2.45, 2.75) is 32.7 Å². The molecule has 0 spiro atoms. The third kappa shape index (κ3) is 4.18. The second-order valence-electron chi connectivity index (χ2n) is 5.31. The summed E-state index contributed by atoms with van der Waals surface area (Å²) in [7, 11) is 0. The number of carbonyl (C=O) groups is 1. The van der Waals surface area contributed by atoms with E-state index in [-0.39, 0.29) is 18.2 Å². The Kier molecular flexibility index (Phi) is 5.74. The van der Waals surface area contributed by atoms with Crippen LogP contribution in [-0.2, 0) is 17.8 Å². The van der Waals surface area contributed by atoms with Gasteiger partial charge < -0.3 is 9.88 Å². The molecule has 2 N–H and O–H groups in total. The first-order valence-electron chi connectivity index (χ1n) is 7.14. The molecule has 0 aliphatic carbocycles. The topological polar surface area (TPSA) is 62.7 Å². The molecular weight excluding hydrogens is 320 g/mol. The van der Waals surface area contributed by atoms with Crippen LogP contribution in [0.2, 0.25) is 5.02 Å². The quantitative estimate of drug-likeness (QED) is 0.796. The van der Waals surface area contributed by atoms with Crippen LogP contribution in [-0.4, -0.2) is 27.2 Å². The van der Waals surface area contributed by atoms with Crippen molar-refractivity contribution in [1.82, 2.24) is 20.1 Å². The summed E-state index contributed by atoms with van der Waals surface area (Å²) in [5, 5.41) is 10.5. The maximum atomic E-state index is 12.0. The van der Waals surface area contributed by atoms with Crippen LogP contribution >= 0.6 is 23.8 Å². The van der Waals surface area contributed by atoms with E-state index in [9.17, 15) is 4.79 Å². The SMILES string of the molecule is CC(C)c1n[nH]c(=S)n1CCNC(=O)Cc1ccccc1Cl. The fraction of sp³-hybridized carbons (Fsp3) is 0.400. The van der Waals surface area contributed by atoms with Crippen molar-refractivity contribution in [2.75, 3.05) is 6.54 Å². The first kappa shape index (κ1) is 16.7. The van der Waals surface area contributed by atoms with Gasteiger partial charge in [-0.1, -0.05) is 43.6 Å². The first-order valence-corrected chi connectivity index (χ1v) is 7.93. The molecule has 1 heterocycles. The Morgan fingerprint density at radius 3 is 2.86 bits per heavy atom. The zero-order valence-electron chi connectivity index (χ0n) is 12.6. The molecule has 0 bridgehead atoms. The van der Waals surface area contributed by atoms with Gasteiger partial charge in [-0.25, -0.2) is 0 Å². The molecule has 1 aromatic heterocycles. The summed E-state index contributed by atoms with van der Waals surface area (Å²) < 4.78 is 2.49. The van der Waals surface area contributed by atoms with E-state index in [1.54, 1.807) is 6.07 Å². The molecule has 1 amide bonds. The number of amides is 1. The van der Waals surface area contributed by atoms with Gasteiger partial charge in [0.25, 0.3) is 0 Å². The molecule has 2 aromatic rings. The lowest BCUT2D eigenvalue weighted by atomic mass is 10.1. The van der Waals surface area contributed by atoms with E-state index < -0.39 is 0 Å². The van der Waals surface area contributed by atoms with Gasteiger partial charge in [0, 0.05) is 24.0 Å². The highest BCUT2D eigenvalue weighted by Crippen LogP contribution is 2.15. The fourth-order valence-electron chi connectivity index (χ4n) is 2.17. The largest absolute Gasteiger partial charge is 0.354 e. The molecule has 1 aromatic carbocycles. The molecule has 0 saturated heterocycles. The molecule has 0 unspecified atom stereocenters. The van der Waals surface area contributed by atoms with E-state index in [4.69, 9.17) is 23.8 Å². The molecule has 0 aliphatic rings. The van der Waals surface area contributed by atoms with E-state index in [1.807, 2.05) is 22.8 Å². The second-order valence-corrected chi connectivity index (χ2v) is 6.11. The molecule has 0 aliphatic heterocycles. The lowest BCUT2D eigenvalue weighted by molar-refractivity contribution is -0.120. The summed E-state index contributed by atoms with van der Waals surface area (Å²) in [4.78, 5) is 12.0. The Hall–Kier alpha value is -1.66. The second kappa shape index (κ2) is 7.56. The number of nitrogens with zero attached hydrogens (tertiary/aromatic N) is 2. The summed E-state index contributed by atoms with van der Waals surface area (Å²) in [6.45, 7) is 5.20. The predicted molar refractivity (Wildman–Crippen MR) is 89.7 cm³/mol. The van der Waals surface area contributed by atoms with Crippen LogP contribution < -0.4 is 5.32 Å². The predicted octanol–water partition coefficient (Wildman–Crippen LogP) is 3.08. The lowest BCUT2D eigenvalue weighted by Gasteiger charge is -2.10. The number of halogens is 1. The van der Waals surface area contributed by atoms with Crippen LogP contribution in [0.5, 0.6) is 0 Å². The third-order valence-electron chi connectivity index (χ3n) is 3.27. The van der Waals surface area contributed by atoms with E-state index >= 15 is 0 Å². The Morgan fingerprint density at radius 2 is 2.18 bits per heavy atom. The number of nitrogens with one attached hydrogen (secondary N) is 2. The number of hydrogen-bond donors (Lipinski definition) is 2. The smallest absolute Gasteiger partial charge is 0.224 e. The highest BCUT2D eigenvalue weighted by Gasteiger charge is 2.10. The monoisotopic (exact) mass is 338 g/mol. The Morgan fingerprint density at radius 1 is 1.45 bits per heavy atom. The van der Waals surface area contributed by atoms with E-state index in [1.165, 1.54) is 0 Å². The van der Waals surface area contributed by atoms with Gasteiger partial charge in [-0.05, 0) is 23.8 Å². The van der Waals surface area contributed by atoms with Gasteiger partial charge in [-0.2, -0.15) is 5.10 Å².